The van der Waals surface area contributed by atoms with E-state index in [4.69, 9.17) is 0 Å². The highest BCUT2D eigenvalue weighted by molar-refractivity contribution is 7.86. The summed E-state index contributed by atoms with van der Waals surface area (Å²) in [4.78, 5) is 24.9. The van der Waals surface area contributed by atoms with E-state index in [2.05, 4.69) is 16.1 Å². The minimum atomic E-state index is -6.72. The maximum Gasteiger partial charge on any atom is 0.466 e. The van der Waals surface area contributed by atoms with Gasteiger partial charge < -0.3 is 18.9 Å². The first kappa shape index (κ1) is 29.1. The molecule has 0 aromatic carbocycles. The summed E-state index contributed by atoms with van der Waals surface area (Å²) in [7, 11) is -6.72. The molecule has 1 fully saturated rings. The molecule has 1 atom stereocenters. The number of carbonyl (C=O) groups excluding carboxylic acids is 2. The van der Waals surface area contributed by atoms with Crippen molar-refractivity contribution in [2.24, 2.45) is 0 Å². The highest BCUT2D eigenvalue weighted by Gasteiger charge is 2.67. The van der Waals surface area contributed by atoms with Crippen molar-refractivity contribution in [1.82, 2.24) is 4.90 Å². The molecule has 0 saturated carbocycles. The Kier molecular flexibility index (Phi) is 9.30. The lowest BCUT2D eigenvalue weighted by atomic mass is 10.1. The van der Waals surface area contributed by atoms with E-state index in [1.807, 2.05) is 0 Å². The molecule has 1 unspecified atom stereocenters. The predicted molar refractivity (Wildman–Crippen MR) is 94.9 cm³/mol. The molecule has 1 rings (SSSR count). The second kappa shape index (κ2) is 10.5. The van der Waals surface area contributed by atoms with Crippen LogP contribution in [0.3, 0.4) is 0 Å². The van der Waals surface area contributed by atoms with Crippen molar-refractivity contribution in [3.05, 3.63) is 12.7 Å². The Bertz CT molecular complexity index is 826. The van der Waals surface area contributed by atoms with E-state index < -0.39 is 71.0 Å². The molecule has 8 nitrogen and oxygen atoms in total. The van der Waals surface area contributed by atoms with Gasteiger partial charge in [-0.15, -0.1) is 0 Å². The quantitative estimate of drug-likeness (QED) is 0.104. The third kappa shape index (κ3) is 6.56. The molecule has 1 saturated heterocycles. The van der Waals surface area contributed by atoms with Crippen molar-refractivity contribution < 1.29 is 62.8 Å². The molecule has 1 amide bonds. The number of halogens is 7. The van der Waals surface area contributed by atoms with Crippen LogP contribution < -0.4 is 0 Å². The van der Waals surface area contributed by atoms with Crippen molar-refractivity contribution in [3.63, 3.8) is 0 Å². The molecule has 1 aliphatic heterocycles. The Morgan fingerprint density at radius 1 is 1.00 bits per heavy atom. The van der Waals surface area contributed by atoms with E-state index in [9.17, 15) is 53.3 Å². The van der Waals surface area contributed by atoms with Gasteiger partial charge in [0.25, 0.3) is 0 Å². The van der Waals surface area contributed by atoms with Crippen molar-refractivity contribution in [2.75, 3.05) is 19.7 Å². The lowest BCUT2D eigenvalue weighted by Gasteiger charge is -2.38. The largest absolute Gasteiger partial charge is 0.743 e. The van der Waals surface area contributed by atoms with Gasteiger partial charge in [-0.2, -0.15) is 30.7 Å². The zero-order valence-corrected chi connectivity index (χ0v) is 17.8. The Labute approximate surface area is 184 Å². The third-order valence-electron chi connectivity index (χ3n) is 4.64. The highest BCUT2D eigenvalue weighted by Crippen LogP contribution is 2.42. The lowest BCUT2D eigenvalue weighted by Crippen LogP contribution is -2.62. The number of hydrogen-bond donors (Lipinski definition) is 0. The van der Waals surface area contributed by atoms with Crippen LogP contribution in [0.5, 0.6) is 0 Å². The summed E-state index contributed by atoms with van der Waals surface area (Å²) in [5.74, 6) is -12.9. The molecule has 1 aliphatic rings. The number of likely N-dealkylation sites (tertiary alicyclic amines) is 1. The van der Waals surface area contributed by atoms with Crippen LogP contribution in [-0.2, 0) is 29.2 Å². The number of alkyl halides is 7. The van der Waals surface area contributed by atoms with Gasteiger partial charge in [-0.1, -0.05) is 6.58 Å². The average molecular weight is 516 g/mol. The summed E-state index contributed by atoms with van der Waals surface area (Å²) in [5, 5.41) is -5.94. The fourth-order valence-electron chi connectivity index (χ4n) is 2.88. The molecule has 1 heterocycles. The molecule has 192 valence electrons. The van der Waals surface area contributed by atoms with Gasteiger partial charge >= 0.3 is 35.0 Å². The number of ether oxygens (including phenoxy) is 2. The fraction of sp³-hybridized carbons (Fsp3) is 0.765. The zero-order chi connectivity index (χ0) is 25.7. The van der Waals surface area contributed by atoms with Crippen LogP contribution in [-0.4, -0.2) is 72.6 Å². The van der Waals surface area contributed by atoms with Crippen LogP contribution in [0.1, 0.15) is 38.5 Å². The fourth-order valence-corrected chi connectivity index (χ4v) is 3.35. The second-order valence-electron chi connectivity index (χ2n) is 7.07. The Hall–Kier alpha value is -1.94. The number of hydrogen-bond acceptors (Lipinski definition) is 7. The lowest BCUT2D eigenvalue weighted by molar-refractivity contribution is -0.350. The number of esters is 1. The maximum atomic E-state index is 13.9. The molecule has 33 heavy (non-hydrogen) atoms. The van der Waals surface area contributed by atoms with Gasteiger partial charge in [0.1, 0.15) is 0 Å². The molecule has 0 aromatic rings. The molecule has 0 bridgehead atoms. The van der Waals surface area contributed by atoms with E-state index in [1.165, 1.54) is 0 Å². The van der Waals surface area contributed by atoms with Crippen LogP contribution in [0.2, 0.25) is 0 Å². The predicted octanol–water partition coefficient (Wildman–Crippen LogP) is 2.95. The zero-order valence-electron chi connectivity index (χ0n) is 17.0. The van der Waals surface area contributed by atoms with E-state index >= 15 is 0 Å². The van der Waals surface area contributed by atoms with Gasteiger partial charge in [0.05, 0.1) is 6.61 Å². The van der Waals surface area contributed by atoms with Gasteiger partial charge in [-0.05, 0) is 32.1 Å². The first-order valence-electron chi connectivity index (χ1n) is 9.49. The Morgan fingerprint density at radius 2 is 1.55 bits per heavy atom. The molecule has 0 spiro atoms. The molecule has 16 heteroatoms. The molecule has 0 aromatic heterocycles. The SMILES string of the molecule is C=CC(=O)OC(OCCCCC(F)(F)C(F)(F)S(=O)(=O)[O-])(C(=O)N1CCCCC1)C(F)(F)F. The number of carbonyl (C=O) groups is 2. The normalized spacial score (nSPS) is 17.9. The number of unbranched alkanes of at least 4 members (excludes halogenated alkanes) is 1. The summed E-state index contributed by atoms with van der Waals surface area (Å²) in [6.07, 6.45) is -7.67. The molecule has 0 radical (unpaired) electrons. The van der Waals surface area contributed by atoms with Gasteiger partial charge in [0.15, 0.2) is 10.1 Å². The molecular formula is C17H21F7NO7S-. The Morgan fingerprint density at radius 3 is 2.00 bits per heavy atom. The molecule has 0 aliphatic carbocycles. The Balaban J connectivity index is 2.99. The molecule has 0 N–H and O–H groups in total. The minimum Gasteiger partial charge on any atom is -0.743 e. The second-order valence-corrected chi connectivity index (χ2v) is 8.49. The summed E-state index contributed by atoms with van der Waals surface area (Å²) in [5.41, 5.74) is 0. The monoisotopic (exact) mass is 516 g/mol. The number of piperidine rings is 1. The van der Waals surface area contributed by atoms with Crippen molar-refractivity contribution >= 4 is 22.0 Å². The topological polar surface area (TPSA) is 113 Å². The summed E-state index contributed by atoms with van der Waals surface area (Å²) in [6, 6.07) is 0. The van der Waals surface area contributed by atoms with Crippen molar-refractivity contribution in [2.45, 2.75) is 61.7 Å². The third-order valence-corrected chi connectivity index (χ3v) is 5.57. The smallest absolute Gasteiger partial charge is 0.466 e. The van der Waals surface area contributed by atoms with Crippen LogP contribution in [0.4, 0.5) is 30.7 Å². The standard InChI is InChI=1S/C17H22F7NO7S/c1-2-12(26)32-15(16(20,21)22,13(27)25-9-5-3-6-10-25)31-11-7-4-8-14(18,19)17(23,24)33(28,29)30/h2H,1,3-11H2,(H,28,29,30)/p-1. The minimum absolute atomic E-state index is 0.101. The van der Waals surface area contributed by atoms with Crippen molar-refractivity contribution in [1.29, 1.82) is 0 Å². The van der Waals surface area contributed by atoms with Gasteiger partial charge in [0.2, 0.25) is 0 Å². The van der Waals surface area contributed by atoms with E-state index in [0.717, 1.165) is 4.90 Å². The summed E-state index contributed by atoms with van der Waals surface area (Å²) in [6.45, 7) is 1.55. The van der Waals surface area contributed by atoms with Crippen LogP contribution in [0.15, 0.2) is 12.7 Å². The average Bonchev–Trinajstić information content (AvgIpc) is 2.70. The highest BCUT2D eigenvalue weighted by atomic mass is 32.2. The summed E-state index contributed by atoms with van der Waals surface area (Å²) >= 11 is 0. The number of amides is 1. The van der Waals surface area contributed by atoms with Crippen LogP contribution >= 0.6 is 0 Å². The van der Waals surface area contributed by atoms with Gasteiger partial charge in [-0.3, -0.25) is 4.79 Å². The van der Waals surface area contributed by atoms with E-state index in [0.29, 0.717) is 25.3 Å². The van der Waals surface area contributed by atoms with E-state index in [1.54, 1.807) is 0 Å². The van der Waals surface area contributed by atoms with Crippen LogP contribution in [0, 0.1) is 0 Å². The molecular weight excluding hydrogens is 495 g/mol. The first-order chi connectivity index (χ1) is 14.9. The number of rotatable bonds is 11. The van der Waals surface area contributed by atoms with Gasteiger partial charge in [0, 0.05) is 25.6 Å². The van der Waals surface area contributed by atoms with Crippen molar-refractivity contribution in [3.8, 4) is 0 Å². The number of nitrogens with zero attached hydrogens (tertiary/aromatic N) is 1. The van der Waals surface area contributed by atoms with E-state index in [-0.39, 0.29) is 13.1 Å². The maximum absolute atomic E-state index is 13.9. The van der Waals surface area contributed by atoms with Crippen LogP contribution in [0.25, 0.3) is 0 Å². The summed E-state index contributed by atoms with van der Waals surface area (Å²) < 4.78 is 135. The first-order valence-corrected chi connectivity index (χ1v) is 10.9. The van der Waals surface area contributed by atoms with Gasteiger partial charge in [-0.25, -0.2) is 13.2 Å².